The smallest absolute Gasteiger partial charge is 0.182 e. The molecule has 0 spiro atoms. The van der Waals surface area contributed by atoms with Crippen molar-refractivity contribution in [2.45, 2.75) is 38.4 Å². The standard InChI is InChI=1S/C18H28N4O4/c1-12(23-3)16-19-20-17(13(2)24-4)22(16)21-15(18(25-5)26-6)14-10-8-7-9-11-14/h7-13,15,18,21H,1-6H3/t12-,13-,15-/m0/s1. The molecular weight excluding hydrogens is 336 g/mol. The van der Waals surface area contributed by atoms with Gasteiger partial charge in [0.15, 0.2) is 17.9 Å². The molecule has 26 heavy (non-hydrogen) atoms. The monoisotopic (exact) mass is 364 g/mol. The van der Waals surface area contributed by atoms with Crippen molar-refractivity contribution in [2.75, 3.05) is 33.9 Å². The van der Waals surface area contributed by atoms with E-state index in [1.54, 1.807) is 33.1 Å². The van der Waals surface area contributed by atoms with Crippen LogP contribution in [0.25, 0.3) is 0 Å². The molecule has 0 amide bonds. The minimum atomic E-state index is -0.517. The molecule has 0 bridgehead atoms. The van der Waals surface area contributed by atoms with E-state index in [1.807, 2.05) is 44.2 Å². The summed E-state index contributed by atoms with van der Waals surface area (Å²) in [7, 11) is 6.47. The van der Waals surface area contributed by atoms with Crippen LogP contribution in [-0.2, 0) is 18.9 Å². The fourth-order valence-electron chi connectivity index (χ4n) is 2.64. The van der Waals surface area contributed by atoms with Crippen molar-refractivity contribution in [3.05, 3.63) is 47.5 Å². The fourth-order valence-corrected chi connectivity index (χ4v) is 2.64. The molecule has 8 heteroatoms. The number of hydrogen-bond donors (Lipinski definition) is 1. The molecule has 1 N–H and O–H groups in total. The molecule has 0 fully saturated rings. The first kappa shape index (κ1) is 20.3. The van der Waals surface area contributed by atoms with Crippen molar-refractivity contribution in [2.24, 2.45) is 0 Å². The van der Waals surface area contributed by atoms with Gasteiger partial charge in [-0.15, -0.1) is 10.2 Å². The van der Waals surface area contributed by atoms with Gasteiger partial charge in [-0.1, -0.05) is 30.3 Å². The second-order valence-corrected chi connectivity index (χ2v) is 5.86. The minimum absolute atomic E-state index is 0.257. The van der Waals surface area contributed by atoms with Crippen molar-refractivity contribution < 1.29 is 18.9 Å². The Hall–Kier alpha value is -2.00. The van der Waals surface area contributed by atoms with Crippen molar-refractivity contribution in [3.63, 3.8) is 0 Å². The van der Waals surface area contributed by atoms with E-state index in [0.717, 1.165) is 5.56 Å². The predicted molar refractivity (Wildman–Crippen MR) is 97.2 cm³/mol. The average molecular weight is 364 g/mol. The van der Waals surface area contributed by atoms with E-state index >= 15 is 0 Å². The van der Waals surface area contributed by atoms with Crippen LogP contribution in [0.4, 0.5) is 0 Å². The summed E-state index contributed by atoms with van der Waals surface area (Å²) in [6.45, 7) is 3.82. The van der Waals surface area contributed by atoms with Gasteiger partial charge in [-0.25, -0.2) is 4.68 Å². The zero-order chi connectivity index (χ0) is 19.1. The van der Waals surface area contributed by atoms with Crippen molar-refractivity contribution in [1.82, 2.24) is 14.9 Å². The van der Waals surface area contributed by atoms with E-state index in [2.05, 4.69) is 15.6 Å². The lowest BCUT2D eigenvalue weighted by Gasteiger charge is -2.29. The zero-order valence-corrected chi connectivity index (χ0v) is 16.2. The third-order valence-corrected chi connectivity index (χ3v) is 4.31. The van der Waals surface area contributed by atoms with Crippen molar-refractivity contribution in [1.29, 1.82) is 0 Å². The van der Waals surface area contributed by atoms with Gasteiger partial charge in [0, 0.05) is 28.4 Å². The Bertz CT molecular complexity index is 633. The van der Waals surface area contributed by atoms with E-state index in [9.17, 15) is 0 Å². The SMILES string of the molecule is COC(OC)[C@@H](Nn1c([C@H](C)OC)nnc1[C@H](C)OC)c1ccccc1. The van der Waals surface area contributed by atoms with Gasteiger partial charge in [0.05, 0.1) is 0 Å². The summed E-state index contributed by atoms with van der Waals surface area (Å²) in [6, 6.07) is 9.61. The first-order valence-electron chi connectivity index (χ1n) is 8.45. The molecule has 1 heterocycles. The number of nitrogens with one attached hydrogen (secondary N) is 1. The maximum absolute atomic E-state index is 5.52. The average Bonchev–Trinajstić information content (AvgIpc) is 3.11. The van der Waals surface area contributed by atoms with E-state index in [4.69, 9.17) is 18.9 Å². The molecule has 0 aliphatic heterocycles. The molecule has 0 saturated carbocycles. The number of ether oxygens (including phenoxy) is 4. The van der Waals surface area contributed by atoms with Gasteiger partial charge in [-0.3, -0.25) is 0 Å². The van der Waals surface area contributed by atoms with Crippen LogP contribution >= 0.6 is 0 Å². The number of methoxy groups -OCH3 is 4. The molecule has 2 rings (SSSR count). The lowest BCUT2D eigenvalue weighted by atomic mass is 10.1. The Balaban J connectivity index is 2.48. The lowest BCUT2D eigenvalue weighted by Crippen LogP contribution is -2.35. The number of rotatable bonds is 10. The van der Waals surface area contributed by atoms with Crippen molar-refractivity contribution >= 4 is 0 Å². The molecular formula is C18H28N4O4. The van der Waals surface area contributed by atoms with Crippen molar-refractivity contribution in [3.8, 4) is 0 Å². The summed E-state index contributed by atoms with van der Waals surface area (Å²) in [4.78, 5) is 0. The van der Waals surface area contributed by atoms with Crippen LogP contribution in [0, 0.1) is 0 Å². The van der Waals surface area contributed by atoms with E-state index < -0.39 is 6.29 Å². The van der Waals surface area contributed by atoms with E-state index in [-0.39, 0.29) is 18.2 Å². The Morgan fingerprint density at radius 1 is 0.808 bits per heavy atom. The van der Waals surface area contributed by atoms with Crippen LogP contribution in [0.1, 0.15) is 49.3 Å². The number of nitrogens with zero attached hydrogens (tertiary/aromatic N) is 3. The third kappa shape index (κ3) is 4.39. The normalized spacial score (nSPS) is 15.0. The second kappa shape index (κ2) is 9.63. The highest BCUT2D eigenvalue weighted by Gasteiger charge is 2.28. The second-order valence-electron chi connectivity index (χ2n) is 5.86. The molecule has 2 aromatic rings. The highest BCUT2D eigenvalue weighted by atomic mass is 16.7. The first-order valence-corrected chi connectivity index (χ1v) is 8.45. The maximum atomic E-state index is 5.52. The molecule has 8 nitrogen and oxygen atoms in total. The first-order chi connectivity index (χ1) is 12.6. The predicted octanol–water partition coefficient (Wildman–Crippen LogP) is 2.60. The van der Waals surface area contributed by atoms with Gasteiger partial charge < -0.3 is 24.4 Å². The molecule has 0 aliphatic rings. The van der Waals surface area contributed by atoms with E-state index in [0.29, 0.717) is 11.6 Å². The number of aromatic nitrogens is 3. The van der Waals surface area contributed by atoms with Gasteiger partial charge in [-0.05, 0) is 19.4 Å². The molecule has 144 valence electrons. The fraction of sp³-hybridized carbons (Fsp3) is 0.556. The Morgan fingerprint density at radius 3 is 1.73 bits per heavy atom. The van der Waals surface area contributed by atoms with Gasteiger partial charge in [0.2, 0.25) is 0 Å². The van der Waals surface area contributed by atoms with Gasteiger partial charge in [0.25, 0.3) is 0 Å². The lowest BCUT2D eigenvalue weighted by molar-refractivity contribution is -0.115. The van der Waals surface area contributed by atoms with Crippen LogP contribution in [0.15, 0.2) is 30.3 Å². The summed E-state index contributed by atoms with van der Waals surface area (Å²) in [5, 5.41) is 8.55. The van der Waals surface area contributed by atoms with E-state index in [1.165, 1.54) is 0 Å². The van der Waals surface area contributed by atoms with Crippen LogP contribution in [-0.4, -0.2) is 49.6 Å². The molecule has 0 saturated heterocycles. The maximum Gasteiger partial charge on any atom is 0.182 e. The third-order valence-electron chi connectivity index (χ3n) is 4.31. The zero-order valence-electron chi connectivity index (χ0n) is 16.2. The Labute approximate surface area is 154 Å². The molecule has 0 aliphatic carbocycles. The Morgan fingerprint density at radius 2 is 1.31 bits per heavy atom. The summed E-state index contributed by atoms with van der Waals surface area (Å²) in [6.07, 6.45) is -1.03. The highest BCUT2D eigenvalue weighted by molar-refractivity contribution is 5.23. The molecule has 0 radical (unpaired) electrons. The number of benzene rings is 1. The van der Waals surface area contributed by atoms with Gasteiger partial charge in [0.1, 0.15) is 18.2 Å². The van der Waals surface area contributed by atoms with Crippen LogP contribution in [0.5, 0.6) is 0 Å². The summed E-state index contributed by atoms with van der Waals surface area (Å²) < 4.78 is 23.7. The van der Waals surface area contributed by atoms with Crippen LogP contribution < -0.4 is 5.43 Å². The van der Waals surface area contributed by atoms with Gasteiger partial charge >= 0.3 is 0 Å². The quantitative estimate of drug-likeness (QED) is 0.649. The van der Waals surface area contributed by atoms with Crippen LogP contribution in [0.2, 0.25) is 0 Å². The minimum Gasteiger partial charge on any atom is -0.374 e. The Kier molecular flexibility index (Phi) is 7.52. The topological polar surface area (TPSA) is 79.7 Å². The van der Waals surface area contributed by atoms with Crippen LogP contribution in [0.3, 0.4) is 0 Å². The number of hydrogen-bond acceptors (Lipinski definition) is 7. The summed E-state index contributed by atoms with van der Waals surface area (Å²) >= 11 is 0. The summed E-state index contributed by atoms with van der Waals surface area (Å²) in [5.74, 6) is 1.27. The summed E-state index contributed by atoms with van der Waals surface area (Å²) in [5.41, 5.74) is 4.43. The molecule has 1 aromatic heterocycles. The largest absolute Gasteiger partial charge is 0.374 e. The highest BCUT2D eigenvalue weighted by Crippen LogP contribution is 2.25. The molecule has 3 atom stereocenters. The molecule has 1 aromatic carbocycles. The molecule has 0 unspecified atom stereocenters. The van der Waals surface area contributed by atoms with Gasteiger partial charge in [-0.2, -0.15) is 0 Å².